The monoisotopic (exact) mass is 411 g/mol. The van der Waals surface area contributed by atoms with Gasteiger partial charge in [0.25, 0.3) is 0 Å². The molecule has 28 heavy (non-hydrogen) atoms. The molecule has 1 amide bonds. The number of hydrogen-bond donors (Lipinski definition) is 1. The van der Waals surface area contributed by atoms with Crippen molar-refractivity contribution in [3.8, 4) is 28.8 Å². The summed E-state index contributed by atoms with van der Waals surface area (Å²) in [5, 5.41) is 9.13. The van der Waals surface area contributed by atoms with Crippen LogP contribution in [0.4, 0.5) is 13.2 Å². The number of alkyl halides is 3. The summed E-state index contributed by atoms with van der Waals surface area (Å²) < 4.78 is 50.9. The lowest BCUT2D eigenvalue weighted by molar-refractivity contribution is -0.138. The van der Waals surface area contributed by atoms with E-state index in [-0.39, 0.29) is 22.9 Å². The van der Waals surface area contributed by atoms with Gasteiger partial charge >= 0.3 is 6.18 Å². The molecule has 6 nitrogen and oxygen atoms in total. The maximum Gasteiger partial charge on any atom is 0.417 e. The molecule has 0 spiro atoms. The molecular weight excluding hydrogens is 395 g/mol. The van der Waals surface area contributed by atoms with Crippen molar-refractivity contribution in [3.63, 3.8) is 0 Å². The molecule has 2 aromatic rings. The smallest absolute Gasteiger partial charge is 0.417 e. The Bertz CT molecular complexity index is 927. The van der Waals surface area contributed by atoms with E-state index in [0.717, 1.165) is 17.8 Å². The van der Waals surface area contributed by atoms with Crippen molar-refractivity contribution in [2.24, 2.45) is 5.73 Å². The average molecular weight is 411 g/mol. The van der Waals surface area contributed by atoms with Gasteiger partial charge in [0.05, 0.1) is 31.0 Å². The lowest BCUT2D eigenvalue weighted by atomic mass is 10.0. The number of pyridine rings is 1. The van der Waals surface area contributed by atoms with Crippen LogP contribution in [0.2, 0.25) is 0 Å². The number of halogens is 3. The molecular formula is C18H16F3N3O3S. The van der Waals surface area contributed by atoms with Crippen LogP contribution in [0.3, 0.4) is 0 Å². The van der Waals surface area contributed by atoms with E-state index in [1.165, 1.54) is 26.4 Å². The van der Waals surface area contributed by atoms with Crippen molar-refractivity contribution in [1.29, 1.82) is 5.26 Å². The number of amides is 1. The molecule has 0 bridgehead atoms. The third kappa shape index (κ3) is 4.86. The molecule has 2 N–H and O–H groups in total. The topological polar surface area (TPSA) is 98.2 Å². The highest BCUT2D eigenvalue weighted by Crippen LogP contribution is 2.39. The number of nitrogens with zero attached hydrogens (tertiary/aromatic N) is 2. The van der Waals surface area contributed by atoms with E-state index in [1.54, 1.807) is 12.1 Å². The molecule has 0 aliphatic carbocycles. The molecule has 0 radical (unpaired) electrons. The van der Waals surface area contributed by atoms with E-state index < -0.39 is 23.2 Å². The molecule has 1 aromatic carbocycles. The summed E-state index contributed by atoms with van der Waals surface area (Å²) in [5.41, 5.74) is 3.73. The van der Waals surface area contributed by atoms with Gasteiger partial charge in [-0.3, -0.25) is 4.79 Å². The van der Waals surface area contributed by atoms with E-state index in [2.05, 4.69) is 4.98 Å². The van der Waals surface area contributed by atoms with Crippen LogP contribution in [0.1, 0.15) is 17.5 Å². The number of ether oxygens (including phenoxy) is 2. The first-order valence-corrected chi connectivity index (χ1v) is 8.85. The Morgan fingerprint density at radius 2 is 1.93 bits per heavy atom. The molecule has 0 atom stereocenters. The van der Waals surface area contributed by atoms with E-state index in [1.807, 2.05) is 0 Å². The van der Waals surface area contributed by atoms with Crippen LogP contribution in [0.15, 0.2) is 29.3 Å². The number of aromatic nitrogens is 1. The molecule has 0 aliphatic heterocycles. The number of thioether (sulfide) groups is 1. The van der Waals surface area contributed by atoms with Crippen LogP contribution < -0.4 is 15.2 Å². The largest absolute Gasteiger partial charge is 0.493 e. The van der Waals surface area contributed by atoms with Gasteiger partial charge in [0.15, 0.2) is 11.5 Å². The predicted octanol–water partition coefficient (Wildman–Crippen LogP) is 3.62. The zero-order valence-electron chi connectivity index (χ0n) is 15.0. The lowest BCUT2D eigenvalue weighted by Gasteiger charge is -2.15. The number of methoxy groups -OCH3 is 2. The van der Waals surface area contributed by atoms with Gasteiger partial charge in [-0.2, -0.15) is 18.4 Å². The molecule has 0 saturated heterocycles. The van der Waals surface area contributed by atoms with Gasteiger partial charge in [0.2, 0.25) is 5.91 Å². The summed E-state index contributed by atoms with van der Waals surface area (Å²) in [6, 6.07) is 6.95. The first kappa shape index (κ1) is 21.4. The Kier molecular flexibility index (Phi) is 6.75. The van der Waals surface area contributed by atoms with Gasteiger partial charge in [-0.05, 0) is 24.3 Å². The number of rotatable bonds is 7. The van der Waals surface area contributed by atoms with E-state index in [4.69, 9.17) is 15.2 Å². The minimum absolute atomic E-state index is 0.00820. The van der Waals surface area contributed by atoms with Crippen LogP contribution in [-0.4, -0.2) is 30.9 Å². The Labute approximate surface area is 163 Å². The summed E-state index contributed by atoms with van der Waals surface area (Å²) >= 11 is 0.866. The fourth-order valence-electron chi connectivity index (χ4n) is 2.35. The van der Waals surface area contributed by atoms with Gasteiger partial charge in [-0.1, -0.05) is 0 Å². The second-order valence-corrected chi connectivity index (χ2v) is 6.56. The van der Waals surface area contributed by atoms with Crippen LogP contribution in [-0.2, 0) is 11.0 Å². The number of nitrogens with two attached hydrogens (primary N) is 1. The van der Waals surface area contributed by atoms with Crippen LogP contribution in [0.25, 0.3) is 11.3 Å². The Morgan fingerprint density at radius 3 is 2.46 bits per heavy atom. The summed E-state index contributed by atoms with van der Waals surface area (Å²) in [7, 11) is 2.84. The maximum atomic E-state index is 13.5. The van der Waals surface area contributed by atoms with Crippen LogP contribution in [0.5, 0.6) is 11.5 Å². The SMILES string of the molecule is COc1ccc(-c2cc(C(F)(F)F)c(C#N)c(SCCC(N)=O)n2)cc1OC. The van der Waals surface area contributed by atoms with Crippen LogP contribution >= 0.6 is 11.8 Å². The quantitative estimate of drug-likeness (QED) is 0.699. The summed E-state index contributed by atoms with van der Waals surface area (Å²) in [6.45, 7) is 0. The average Bonchev–Trinajstić information content (AvgIpc) is 2.65. The third-order valence-electron chi connectivity index (χ3n) is 3.67. The molecule has 1 aromatic heterocycles. The zero-order chi connectivity index (χ0) is 20.9. The highest BCUT2D eigenvalue weighted by Gasteiger charge is 2.36. The lowest BCUT2D eigenvalue weighted by Crippen LogP contribution is -2.12. The third-order valence-corrected chi connectivity index (χ3v) is 4.65. The Balaban J connectivity index is 2.61. The minimum Gasteiger partial charge on any atom is -0.493 e. The van der Waals surface area contributed by atoms with Crippen molar-refractivity contribution in [2.75, 3.05) is 20.0 Å². The first-order valence-electron chi connectivity index (χ1n) is 7.87. The van der Waals surface area contributed by atoms with Crippen molar-refractivity contribution in [1.82, 2.24) is 4.98 Å². The number of carbonyl (C=O) groups is 1. The van der Waals surface area contributed by atoms with Crippen molar-refractivity contribution in [3.05, 3.63) is 35.4 Å². The number of carbonyl (C=O) groups excluding carboxylic acids is 1. The Hall–Kier alpha value is -2.93. The number of benzene rings is 1. The molecule has 0 saturated carbocycles. The molecule has 0 fully saturated rings. The zero-order valence-corrected chi connectivity index (χ0v) is 15.8. The fraction of sp³-hybridized carbons (Fsp3) is 0.278. The minimum atomic E-state index is -4.75. The van der Waals surface area contributed by atoms with Gasteiger partial charge < -0.3 is 15.2 Å². The maximum absolute atomic E-state index is 13.5. The van der Waals surface area contributed by atoms with Gasteiger partial charge in [0, 0.05) is 17.7 Å². The molecule has 10 heteroatoms. The molecule has 148 valence electrons. The highest BCUT2D eigenvalue weighted by molar-refractivity contribution is 7.99. The number of nitriles is 1. The van der Waals surface area contributed by atoms with Crippen molar-refractivity contribution >= 4 is 17.7 Å². The van der Waals surface area contributed by atoms with Crippen LogP contribution in [0, 0.1) is 11.3 Å². The fourth-order valence-corrected chi connectivity index (χ4v) is 3.31. The predicted molar refractivity (Wildman–Crippen MR) is 97.0 cm³/mol. The molecule has 0 aliphatic rings. The molecule has 0 unspecified atom stereocenters. The van der Waals surface area contributed by atoms with Gasteiger partial charge in [-0.25, -0.2) is 4.98 Å². The van der Waals surface area contributed by atoms with Gasteiger partial charge in [0.1, 0.15) is 11.1 Å². The number of primary amides is 1. The molecule has 2 rings (SSSR count). The van der Waals surface area contributed by atoms with Gasteiger partial charge in [-0.15, -0.1) is 11.8 Å². The number of hydrogen-bond acceptors (Lipinski definition) is 6. The van der Waals surface area contributed by atoms with Crippen molar-refractivity contribution in [2.45, 2.75) is 17.6 Å². The summed E-state index contributed by atoms with van der Waals surface area (Å²) in [6.07, 6.45) is -4.81. The Morgan fingerprint density at radius 1 is 1.25 bits per heavy atom. The first-order chi connectivity index (χ1) is 13.2. The van der Waals surface area contributed by atoms with E-state index >= 15 is 0 Å². The summed E-state index contributed by atoms with van der Waals surface area (Å²) in [4.78, 5) is 15.1. The molecule has 1 heterocycles. The second-order valence-electron chi connectivity index (χ2n) is 5.48. The second kappa shape index (κ2) is 8.84. The standard InChI is InChI=1S/C18H16F3N3O3S/c1-26-14-4-3-10(7-15(14)27-2)13-8-12(18(19,20)21)11(9-22)17(24-13)28-6-5-16(23)25/h3-4,7-8H,5-6H2,1-2H3,(H2,23,25). The van der Waals surface area contributed by atoms with Crippen molar-refractivity contribution < 1.29 is 27.4 Å². The van der Waals surface area contributed by atoms with E-state index in [9.17, 15) is 23.2 Å². The van der Waals surface area contributed by atoms with E-state index in [0.29, 0.717) is 17.1 Å². The normalized spacial score (nSPS) is 11.0. The summed E-state index contributed by atoms with van der Waals surface area (Å²) in [5.74, 6) is 0.233. The highest BCUT2D eigenvalue weighted by atomic mass is 32.2.